The quantitative estimate of drug-likeness (QED) is 0.725. The van der Waals surface area contributed by atoms with Crippen LogP contribution in [0.1, 0.15) is 39.3 Å². The second-order valence-electron chi connectivity index (χ2n) is 8.58. The summed E-state index contributed by atoms with van der Waals surface area (Å²) in [4.78, 5) is 42.1. The number of carbonyl (C=O) groups is 3. The summed E-state index contributed by atoms with van der Waals surface area (Å²) in [6, 6.07) is 5.56. The van der Waals surface area contributed by atoms with Gasteiger partial charge in [0.2, 0.25) is 5.91 Å². The second-order valence-corrected chi connectivity index (χ2v) is 8.99. The lowest BCUT2D eigenvalue weighted by atomic mass is 9.95. The van der Waals surface area contributed by atoms with Gasteiger partial charge in [0.25, 0.3) is 5.91 Å². The number of amides is 4. The van der Waals surface area contributed by atoms with Gasteiger partial charge >= 0.3 is 6.03 Å². The van der Waals surface area contributed by atoms with Crippen molar-refractivity contribution >= 4 is 29.4 Å². The summed E-state index contributed by atoms with van der Waals surface area (Å²) >= 11 is 6.37. The molecular weight excluding hydrogens is 404 g/mol. The highest BCUT2D eigenvalue weighted by Gasteiger charge is 2.47. The summed E-state index contributed by atoms with van der Waals surface area (Å²) in [6.07, 6.45) is 0. The topological polar surface area (TPSA) is 81.8 Å². The monoisotopic (exact) mass is 432 g/mol. The van der Waals surface area contributed by atoms with Crippen molar-refractivity contribution in [2.75, 3.05) is 20.1 Å². The first-order valence-corrected chi connectivity index (χ1v) is 10.6. The van der Waals surface area contributed by atoms with Crippen LogP contribution in [0.5, 0.6) is 0 Å². The Kier molecular flexibility index (Phi) is 6.41. The number of hydrogen-bond donors (Lipinski definition) is 2. The molecule has 0 aromatic heterocycles. The Labute approximate surface area is 182 Å². The third kappa shape index (κ3) is 4.03. The molecule has 2 aliphatic heterocycles. The van der Waals surface area contributed by atoms with Crippen molar-refractivity contribution in [3.63, 3.8) is 0 Å². The van der Waals surface area contributed by atoms with Gasteiger partial charge in [-0.3, -0.25) is 14.5 Å². The zero-order valence-electron chi connectivity index (χ0n) is 18.0. The predicted molar refractivity (Wildman–Crippen MR) is 116 cm³/mol. The molecule has 0 spiro atoms. The van der Waals surface area contributed by atoms with E-state index in [0.29, 0.717) is 34.3 Å². The number of nitrogens with one attached hydrogen (secondary N) is 2. The fourth-order valence-corrected chi connectivity index (χ4v) is 4.21. The van der Waals surface area contributed by atoms with Gasteiger partial charge in [0, 0.05) is 18.6 Å². The van der Waals surface area contributed by atoms with Crippen LogP contribution in [0, 0.1) is 11.8 Å². The number of nitrogens with zero attached hydrogens (tertiary/aromatic N) is 2. The normalized spacial score (nSPS) is 20.1. The average Bonchev–Trinajstić information content (AvgIpc) is 3.01. The van der Waals surface area contributed by atoms with Crippen LogP contribution < -0.4 is 10.6 Å². The Morgan fingerprint density at radius 3 is 2.50 bits per heavy atom. The fraction of sp³-hybridized carbons (Fsp3) is 0.500. The van der Waals surface area contributed by atoms with Gasteiger partial charge in [-0.05, 0) is 23.5 Å². The van der Waals surface area contributed by atoms with Crippen LogP contribution in [-0.2, 0) is 9.59 Å². The van der Waals surface area contributed by atoms with Crippen LogP contribution in [0.25, 0.3) is 0 Å². The highest BCUT2D eigenvalue weighted by atomic mass is 35.5. The van der Waals surface area contributed by atoms with Gasteiger partial charge in [-0.15, -0.1) is 0 Å². The molecule has 7 nitrogen and oxygen atoms in total. The van der Waals surface area contributed by atoms with Crippen LogP contribution in [-0.4, -0.2) is 53.8 Å². The molecule has 162 valence electrons. The number of halogens is 1. The first-order valence-electron chi connectivity index (χ1n) is 10.2. The molecule has 0 unspecified atom stereocenters. The Morgan fingerprint density at radius 1 is 1.23 bits per heavy atom. The van der Waals surface area contributed by atoms with E-state index in [1.54, 1.807) is 30.1 Å². The van der Waals surface area contributed by atoms with Crippen LogP contribution in [0.4, 0.5) is 4.79 Å². The molecule has 0 saturated carbocycles. The van der Waals surface area contributed by atoms with Gasteiger partial charge in [-0.1, -0.05) is 57.5 Å². The molecular formula is C22H29ClN4O3. The van der Waals surface area contributed by atoms with Crippen LogP contribution in [0.15, 0.2) is 35.5 Å². The van der Waals surface area contributed by atoms with Gasteiger partial charge in [0.1, 0.15) is 6.04 Å². The molecule has 2 aliphatic rings. The molecule has 1 aromatic rings. The molecule has 1 aromatic carbocycles. The number of rotatable bonds is 6. The number of carbonyl (C=O) groups excluding carboxylic acids is 3. The largest absolute Gasteiger partial charge is 0.354 e. The van der Waals surface area contributed by atoms with Crippen molar-refractivity contribution in [1.29, 1.82) is 0 Å². The van der Waals surface area contributed by atoms with Crippen molar-refractivity contribution in [2.45, 2.75) is 39.8 Å². The van der Waals surface area contributed by atoms with Gasteiger partial charge in [-0.25, -0.2) is 4.79 Å². The summed E-state index contributed by atoms with van der Waals surface area (Å²) < 4.78 is 0. The smallest absolute Gasteiger partial charge is 0.322 e. The molecule has 0 radical (unpaired) electrons. The molecule has 0 bridgehead atoms. The number of benzene rings is 1. The van der Waals surface area contributed by atoms with E-state index < -0.39 is 12.1 Å². The lowest BCUT2D eigenvalue weighted by molar-refractivity contribution is -0.138. The minimum atomic E-state index is -0.651. The highest BCUT2D eigenvalue weighted by molar-refractivity contribution is 6.31. The first kappa shape index (κ1) is 22.2. The second kappa shape index (κ2) is 8.68. The zero-order chi connectivity index (χ0) is 22.2. The van der Waals surface area contributed by atoms with Crippen molar-refractivity contribution in [3.8, 4) is 0 Å². The summed E-state index contributed by atoms with van der Waals surface area (Å²) in [5.41, 5.74) is 1.73. The van der Waals surface area contributed by atoms with Gasteiger partial charge in [0.05, 0.1) is 23.9 Å². The third-order valence-electron chi connectivity index (χ3n) is 5.52. The van der Waals surface area contributed by atoms with Gasteiger partial charge in [-0.2, -0.15) is 0 Å². The fourth-order valence-electron chi connectivity index (χ4n) is 3.97. The molecule has 30 heavy (non-hydrogen) atoms. The maximum atomic E-state index is 13.5. The molecule has 3 rings (SSSR count). The maximum absolute atomic E-state index is 13.5. The maximum Gasteiger partial charge on any atom is 0.322 e. The Morgan fingerprint density at radius 2 is 1.90 bits per heavy atom. The minimum absolute atomic E-state index is 0.0878. The molecule has 0 fully saturated rings. The van der Waals surface area contributed by atoms with E-state index >= 15 is 0 Å². The molecule has 2 atom stereocenters. The van der Waals surface area contributed by atoms with E-state index in [0.717, 1.165) is 0 Å². The van der Waals surface area contributed by atoms with Crippen LogP contribution in [0.3, 0.4) is 0 Å². The minimum Gasteiger partial charge on any atom is -0.354 e. The van der Waals surface area contributed by atoms with Crippen LogP contribution >= 0.6 is 11.6 Å². The van der Waals surface area contributed by atoms with E-state index in [4.69, 9.17) is 11.6 Å². The average molecular weight is 433 g/mol. The molecule has 2 N–H and O–H groups in total. The first-order chi connectivity index (χ1) is 14.1. The van der Waals surface area contributed by atoms with Gasteiger partial charge < -0.3 is 15.5 Å². The Bertz CT molecular complexity index is 896. The number of hydrogen-bond acceptors (Lipinski definition) is 3. The summed E-state index contributed by atoms with van der Waals surface area (Å²) in [5.74, 6) is -0.210. The van der Waals surface area contributed by atoms with E-state index in [2.05, 4.69) is 10.6 Å². The molecule has 0 aliphatic carbocycles. The van der Waals surface area contributed by atoms with Crippen molar-refractivity contribution in [1.82, 2.24) is 20.4 Å². The highest BCUT2D eigenvalue weighted by Crippen LogP contribution is 2.39. The lowest BCUT2D eigenvalue weighted by Crippen LogP contribution is -2.52. The van der Waals surface area contributed by atoms with Gasteiger partial charge in [0.15, 0.2) is 0 Å². The van der Waals surface area contributed by atoms with Crippen molar-refractivity contribution < 1.29 is 14.4 Å². The van der Waals surface area contributed by atoms with Crippen molar-refractivity contribution in [2.24, 2.45) is 11.8 Å². The van der Waals surface area contributed by atoms with Crippen molar-refractivity contribution in [3.05, 3.63) is 46.1 Å². The Hall–Kier alpha value is -2.54. The summed E-state index contributed by atoms with van der Waals surface area (Å²) in [7, 11) is 1.63. The molecule has 0 saturated heterocycles. The predicted octanol–water partition coefficient (Wildman–Crippen LogP) is 2.93. The molecule has 4 amide bonds. The summed E-state index contributed by atoms with van der Waals surface area (Å²) in [5, 5.41) is 6.30. The van der Waals surface area contributed by atoms with E-state index in [1.165, 1.54) is 4.90 Å². The van der Waals surface area contributed by atoms with E-state index in [1.807, 2.05) is 33.8 Å². The Balaban J connectivity index is 1.97. The summed E-state index contributed by atoms with van der Waals surface area (Å²) in [6.45, 7) is 8.63. The van der Waals surface area contributed by atoms with E-state index in [-0.39, 0.29) is 30.3 Å². The number of urea groups is 1. The number of likely N-dealkylation sites (N-methyl/N-ethyl adjacent to an activating group) is 1. The van der Waals surface area contributed by atoms with Crippen LogP contribution in [0.2, 0.25) is 5.02 Å². The third-order valence-corrected chi connectivity index (χ3v) is 5.87. The SMILES string of the molecule is CC(C)CNC(=O)[C@@H](C(C)C)N1CC2=C(C1=O)[C@H](c1ccccc1Cl)NC(=O)N2C. The zero-order valence-corrected chi connectivity index (χ0v) is 18.8. The molecule has 8 heteroatoms. The standard InChI is InChI=1S/C22H29ClN4O3/c1-12(2)10-24-20(28)19(13(3)4)27-11-16-17(21(27)29)18(25-22(30)26(16)5)14-8-6-7-9-15(14)23/h6-9,12-13,18-19H,10-11H2,1-5H3,(H,24,28)(H,25,30)/t18-,19+/m0/s1. The van der Waals surface area contributed by atoms with E-state index in [9.17, 15) is 14.4 Å². The molecule has 2 heterocycles. The lowest BCUT2D eigenvalue weighted by Gasteiger charge is -2.31.